The molecule has 2 N–H and O–H groups in total. The van der Waals surface area contributed by atoms with Crippen LogP contribution in [0, 0.1) is 0 Å². The average Bonchev–Trinajstić information content (AvgIpc) is 2.70. The Bertz CT molecular complexity index is 558. The molecule has 2 rings (SSSR count). The minimum atomic E-state index is -1.09. The molecule has 0 amide bonds. The SMILES string of the molecule is O=C(O)c1csc(-c2cc(Cl)ccc2O)n1.[NaH]. The van der Waals surface area contributed by atoms with Crippen LogP contribution in [0.2, 0.25) is 5.02 Å². The summed E-state index contributed by atoms with van der Waals surface area (Å²) in [6.45, 7) is 0. The molecule has 0 unspecified atom stereocenters. The van der Waals surface area contributed by atoms with Gasteiger partial charge in [-0.2, -0.15) is 0 Å². The first kappa shape index (κ1) is 14.5. The first-order valence-electron chi connectivity index (χ1n) is 4.25. The standard InChI is InChI=1S/C10H6ClNO3S.Na.H/c11-5-1-2-8(13)6(3-5)9-12-7(4-16-9)10(14)15;;/h1-4,13H,(H,14,15);;. The molecule has 1 aromatic heterocycles. The van der Waals surface area contributed by atoms with Gasteiger partial charge in [0.05, 0.1) is 5.56 Å². The number of benzene rings is 1. The Labute approximate surface area is 128 Å². The second-order valence-electron chi connectivity index (χ2n) is 3.00. The van der Waals surface area contributed by atoms with Crippen LogP contribution in [0.4, 0.5) is 0 Å². The molecule has 7 heteroatoms. The molecule has 1 aromatic carbocycles. The number of phenolic OH excluding ortho intramolecular Hbond substituents is 1. The van der Waals surface area contributed by atoms with Crippen molar-refractivity contribution in [3.05, 3.63) is 34.3 Å². The number of thiazole rings is 1. The van der Waals surface area contributed by atoms with Gasteiger partial charge in [0, 0.05) is 10.4 Å². The van der Waals surface area contributed by atoms with Crippen LogP contribution in [-0.2, 0) is 0 Å². The van der Waals surface area contributed by atoms with Crippen LogP contribution in [0.1, 0.15) is 10.5 Å². The van der Waals surface area contributed by atoms with E-state index in [4.69, 9.17) is 16.7 Å². The molecule has 84 valence electrons. The van der Waals surface area contributed by atoms with Crippen molar-refractivity contribution in [3.8, 4) is 16.3 Å². The summed E-state index contributed by atoms with van der Waals surface area (Å²) in [4.78, 5) is 14.5. The quantitative estimate of drug-likeness (QED) is 0.827. The van der Waals surface area contributed by atoms with Crippen molar-refractivity contribution < 1.29 is 15.0 Å². The molecule has 0 aliphatic heterocycles. The van der Waals surface area contributed by atoms with Gasteiger partial charge in [0.15, 0.2) is 5.69 Å². The zero-order valence-electron chi connectivity index (χ0n) is 7.85. The van der Waals surface area contributed by atoms with Crippen LogP contribution in [0.3, 0.4) is 0 Å². The Morgan fingerprint density at radius 3 is 2.71 bits per heavy atom. The molecule has 0 aliphatic carbocycles. The van der Waals surface area contributed by atoms with Gasteiger partial charge in [0.2, 0.25) is 0 Å². The second-order valence-corrected chi connectivity index (χ2v) is 4.30. The third kappa shape index (κ3) is 3.20. The fraction of sp³-hybridized carbons (Fsp3) is 0. The van der Waals surface area contributed by atoms with E-state index in [0.29, 0.717) is 15.6 Å². The molecule has 0 spiro atoms. The van der Waals surface area contributed by atoms with Crippen LogP contribution in [0.15, 0.2) is 23.6 Å². The molecule has 0 radical (unpaired) electrons. The van der Waals surface area contributed by atoms with Gasteiger partial charge in [-0.3, -0.25) is 0 Å². The van der Waals surface area contributed by atoms with E-state index < -0.39 is 5.97 Å². The number of nitrogens with zero attached hydrogens (tertiary/aromatic N) is 1. The van der Waals surface area contributed by atoms with Crippen LogP contribution in [0.25, 0.3) is 10.6 Å². The molecule has 0 atom stereocenters. The number of aromatic hydroxyl groups is 1. The fourth-order valence-electron chi connectivity index (χ4n) is 1.18. The molecular weight excluding hydrogens is 273 g/mol. The van der Waals surface area contributed by atoms with E-state index in [1.807, 2.05) is 0 Å². The number of phenols is 1. The average molecular weight is 280 g/mol. The Morgan fingerprint density at radius 1 is 1.41 bits per heavy atom. The molecule has 1 heterocycles. The number of aromatic carboxylic acids is 1. The van der Waals surface area contributed by atoms with E-state index in [-0.39, 0.29) is 41.0 Å². The van der Waals surface area contributed by atoms with Gasteiger partial charge in [0.25, 0.3) is 0 Å². The number of carbonyl (C=O) groups is 1. The first-order chi connectivity index (χ1) is 7.58. The first-order valence-corrected chi connectivity index (χ1v) is 5.51. The molecule has 4 nitrogen and oxygen atoms in total. The van der Waals surface area contributed by atoms with Crippen LogP contribution in [-0.4, -0.2) is 50.7 Å². The van der Waals surface area contributed by atoms with Crippen molar-refractivity contribution in [2.75, 3.05) is 0 Å². The minimum absolute atomic E-state index is 0. The summed E-state index contributed by atoms with van der Waals surface area (Å²) in [5.41, 5.74) is 0.393. The van der Waals surface area contributed by atoms with Crippen LogP contribution < -0.4 is 0 Å². The van der Waals surface area contributed by atoms with E-state index in [2.05, 4.69) is 4.98 Å². The van der Waals surface area contributed by atoms with Gasteiger partial charge < -0.3 is 10.2 Å². The summed E-state index contributed by atoms with van der Waals surface area (Å²) in [7, 11) is 0. The Morgan fingerprint density at radius 2 is 2.12 bits per heavy atom. The zero-order valence-corrected chi connectivity index (χ0v) is 9.42. The molecule has 0 aliphatic rings. The molecule has 17 heavy (non-hydrogen) atoms. The summed E-state index contributed by atoms with van der Waals surface area (Å²) in [5, 5.41) is 20.6. The van der Waals surface area contributed by atoms with Gasteiger partial charge in [-0.1, -0.05) is 11.6 Å². The van der Waals surface area contributed by atoms with E-state index in [9.17, 15) is 9.90 Å². The summed E-state index contributed by atoms with van der Waals surface area (Å²) in [6.07, 6.45) is 0. The third-order valence-corrected chi connectivity index (χ3v) is 3.02. The maximum absolute atomic E-state index is 10.7. The summed E-state index contributed by atoms with van der Waals surface area (Å²) in [5.74, 6) is -1.07. The molecule has 0 saturated carbocycles. The van der Waals surface area contributed by atoms with E-state index in [1.165, 1.54) is 11.4 Å². The van der Waals surface area contributed by atoms with Gasteiger partial charge in [-0.15, -0.1) is 11.3 Å². The summed E-state index contributed by atoms with van der Waals surface area (Å²) < 4.78 is 0. The van der Waals surface area contributed by atoms with Crippen molar-refractivity contribution in [3.63, 3.8) is 0 Å². The Balaban J connectivity index is 0.00000144. The van der Waals surface area contributed by atoms with E-state index >= 15 is 0 Å². The fourth-order valence-corrected chi connectivity index (χ4v) is 2.17. The van der Waals surface area contributed by atoms with Crippen LogP contribution >= 0.6 is 22.9 Å². The number of aromatic nitrogens is 1. The van der Waals surface area contributed by atoms with Crippen molar-refractivity contribution in [1.29, 1.82) is 0 Å². The van der Waals surface area contributed by atoms with Gasteiger partial charge in [-0.25, -0.2) is 9.78 Å². The number of hydrogen-bond acceptors (Lipinski definition) is 4. The number of halogens is 1. The predicted octanol–water partition coefficient (Wildman–Crippen LogP) is 2.22. The van der Waals surface area contributed by atoms with Gasteiger partial charge >= 0.3 is 35.5 Å². The number of carboxylic acid groups (broad SMARTS) is 1. The van der Waals surface area contributed by atoms with Crippen molar-refractivity contribution >= 4 is 58.5 Å². The summed E-state index contributed by atoms with van der Waals surface area (Å²) in [6, 6.07) is 4.53. The predicted molar refractivity (Wildman–Crippen MR) is 68.3 cm³/mol. The summed E-state index contributed by atoms with van der Waals surface area (Å²) >= 11 is 6.93. The van der Waals surface area contributed by atoms with Crippen LogP contribution in [0.5, 0.6) is 5.75 Å². The van der Waals surface area contributed by atoms with Gasteiger partial charge in [0.1, 0.15) is 10.8 Å². The molecule has 0 fully saturated rings. The van der Waals surface area contributed by atoms with Crippen molar-refractivity contribution in [2.45, 2.75) is 0 Å². The normalized spacial score (nSPS) is 9.71. The number of rotatable bonds is 2. The number of hydrogen-bond donors (Lipinski definition) is 2. The molecule has 2 aromatic rings. The topological polar surface area (TPSA) is 70.4 Å². The van der Waals surface area contributed by atoms with Crippen molar-refractivity contribution in [2.24, 2.45) is 0 Å². The Kier molecular flexibility index (Phi) is 4.97. The monoisotopic (exact) mass is 279 g/mol. The molecule has 0 saturated heterocycles. The third-order valence-electron chi connectivity index (χ3n) is 1.91. The number of carboxylic acids is 1. The van der Waals surface area contributed by atoms with E-state index in [1.54, 1.807) is 12.1 Å². The second kappa shape index (κ2) is 5.84. The van der Waals surface area contributed by atoms with E-state index in [0.717, 1.165) is 11.3 Å². The van der Waals surface area contributed by atoms with Gasteiger partial charge in [-0.05, 0) is 18.2 Å². The Hall–Kier alpha value is -0.590. The molecule has 0 bridgehead atoms. The maximum atomic E-state index is 10.7. The zero-order chi connectivity index (χ0) is 11.7. The van der Waals surface area contributed by atoms with Crippen molar-refractivity contribution in [1.82, 2.24) is 4.98 Å². The molecular formula is C10H7ClNNaO3S.